The van der Waals surface area contributed by atoms with Crippen LogP contribution >= 0.6 is 0 Å². The molecule has 1 amide bonds. The fraction of sp³-hybridized carbons (Fsp3) is 0.500. The molecule has 0 radical (unpaired) electrons. The zero-order valence-electron chi connectivity index (χ0n) is 16.4. The van der Waals surface area contributed by atoms with Gasteiger partial charge >= 0.3 is 0 Å². The first-order valence-corrected chi connectivity index (χ1v) is 10.2. The highest BCUT2D eigenvalue weighted by Gasteiger charge is 2.41. The normalized spacial score (nSPS) is 24.3. The molecule has 1 aliphatic carbocycles. The van der Waals surface area contributed by atoms with Crippen molar-refractivity contribution in [2.45, 2.75) is 50.1 Å². The zero-order valence-corrected chi connectivity index (χ0v) is 16.4. The Morgan fingerprint density at radius 1 is 1.27 bits per heavy atom. The number of amides is 1. The summed E-state index contributed by atoms with van der Waals surface area (Å²) >= 11 is 0. The molecular formula is C20H23F2N7O. The van der Waals surface area contributed by atoms with E-state index in [9.17, 15) is 13.6 Å². The fourth-order valence-corrected chi connectivity index (χ4v) is 4.54. The van der Waals surface area contributed by atoms with Crippen LogP contribution in [0.3, 0.4) is 0 Å². The van der Waals surface area contributed by atoms with Crippen molar-refractivity contribution in [1.82, 2.24) is 34.9 Å². The number of likely N-dealkylation sites (tertiary alicyclic amines) is 1. The first-order valence-electron chi connectivity index (χ1n) is 10.2. The van der Waals surface area contributed by atoms with Gasteiger partial charge in [0.1, 0.15) is 12.1 Å². The fourth-order valence-electron chi connectivity index (χ4n) is 4.54. The Morgan fingerprint density at radius 3 is 2.80 bits per heavy atom. The van der Waals surface area contributed by atoms with Crippen molar-refractivity contribution in [3.05, 3.63) is 36.7 Å². The van der Waals surface area contributed by atoms with E-state index in [1.54, 1.807) is 29.5 Å². The van der Waals surface area contributed by atoms with Crippen LogP contribution in [0.5, 0.6) is 0 Å². The highest BCUT2D eigenvalue weighted by molar-refractivity contribution is 6.04. The van der Waals surface area contributed by atoms with Crippen LogP contribution in [0.2, 0.25) is 0 Å². The molecule has 3 aromatic heterocycles. The van der Waals surface area contributed by atoms with Crippen LogP contribution < -0.4 is 5.32 Å². The van der Waals surface area contributed by atoms with E-state index >= 15 is 0 Å². The summed E-state index contributed by atoms with van der Waals surface area (Å²) < 4.78 is 28.7. The zero-order chi connectivity index (χ0) is 20.7. The van der Waals surface area contributed by atoms with Crippen molar-refractivity contribution in [1.29, 1.82) is 0 Å². The Bertz CT molecular complexity index is 1040. The predicted molar refractivity (Wildman–Crippen MR) is 106 cm³/mol. The number of rotatable bonds is 4. The van der Waals surface area contributed by atoms with E-state index in [0.29, 0.717) is 17.9 Å². The van der Waals surface area contributed by atoms with Gasteiger partial charge in [0.2, 0.25) is 0 Å². The van der Waals surface area contributed by atoms with Gasteiger partial charge in [-0.25, -0.2) is 18.7 Å². The topological polar surface area (TPSA) is 91.7 Å². The number of halogens is 2. The van der Waals surface area contributed by atoms with Crippen LogP contribution in [-0.4, -0.2) is 66.6 Å². The van der Waals surface area contributed by atoms with Crippen molar-refractivity contribution >= 4 is 16.8 Å². The predicted octanol–water partition coefficient (Wildman–Crippen LogP) is 2.53. The minimum atomic E-state index is -2.56. The maximum atomic E-state index is 13.5. The molecule has 1 saturated heterocycles. The van der Waals surface area contributed by atoms with Gasteiger partial charge in [0, 0.05) is 42.8 Å². The molecule has 3 aromatic rings. The summed E-state index contributed by atoms with van der Waals surface area (Å²) in [7, 11) is 0. The number of aromatic amines is 1. The van der Waals surface area contributed by atoms with Crippen LogP contribution in [0, 0.1) is 0 Å². The van der Waals surface area contributed by atoms with E-state index in [4.69, 9.17) is 0 Å². The summed E-state index contributed by atoms with van der Waals surface area (Å²) in [6.07, 6.45) is 9.80. The molecular weight excluding hydrogens is 392 g/mol. The standard InChI is InChI=1S/C20H23F2N7O/c21-20(22)5-7-28(11-20)15-3-1-14(2-4-15)25-19(30)18-17-13(10-24-27-17)9-16(26-18)29-8-6-23-12-29/h6,8-10,12,14-15H,1-5,7,11H2,(H,24,27)(H,25,30)/t14-,15-. The molecule has 0 atom stereocenters. The smallest absolute Gasteiger partial charge is 0.272 e. The molecule has 1 saturated carbocycles. The summed E-state index contributed by atoms with van der Waals surface area (Å²) in [4.78, 5) is 23.5. The molecule has 0 aromatic carbocycles. The number of nitrogens with zero attached hydrogens (tertiary/aromatic N) is 5. The molecule has 10 heteroatoms. The van der Waals surface area contributed by atoms with Crippen LogP contribution in [-0.2, 0) is 0 Å². The summed E-state index contributed by atoms with van der Waals surface area (Å²) in [6.45, 7) is 0.314. The van der Waals surface area contributed by atoms with E-state index in [-0.39, 0.29) is 36.7 Å². The molecule has 0 unspecified atom stereocenters. The van der Waals surface area contributed by atoms with Gasteiger partial charge < -0.3 is 5.32 Å². The number of fused-ring (bicyclic) bond motifs is 1. The SMILES string of the molecule is O=C(N[C@H]1CC[C@H](N2CCC(F)(F)C2)CC1)c1nc(-n2ccnc2)cc2cn[nH]c12. The quantitative estimate of drug-likeness (QED) is 0.683. The number of nitrogens with one attached hydrogen (secondary N) is 2. The minimum Gasteiger partial charge on any atom is -0.348 e. The third-order valence-corrected chi connectivity index (χ3v) is 6.15. The van der Waals surface area contributed by atoms with Crippen LogP contribution in [0.4, 0.5) is 8.78 Å². The number of hydrogen-bond donors (Lipinski definition) is 2. The van der Waals surface area contributed by atoms with Gasteiger partial charge in [-0.2, -0.15) is 5.10 Å². The van der Waals surface area contributed by atoms with Gasteiger partial charge in [-0.15, -0.1) is 0 Å². The molecule has 0 spiro atoms. The van der Waals surface area contributed by atoms with Gasteiger partial charge in [0.25, 0.3) is 11.8 Å². The van der Waals surface area contributed by atoms with E-state index < -0.39 is 5.92 Å². The Balaban J connectivity index is 1.27. The average Bonchev–Trinajstić information content (AvgIpc) is 3.48. The lowest BCUT2D eigenvalue weighted by Crippen LogP contribution is -2.44. The van der Waals surface area contributed by atoms with Crippen molar-refractivity contribution in [3.8, 4) is 5.82 Å². The number of H-pyrrole nitrogens is 1. The Hall–Kier alpha value is -2.88. The number of hydrogen-bond acceptors (Lipinski definition) is 5. The van der Waals surface area contributed by atoms with E-state index in [0.717, 1.165) is 31.1 Å². The minimum absolute atomic E-state index is 0.00790. The molecule has 1 aliphatic heterocycles. The maximum absolute atomic E-state index is 13.5. The van der Waals surface area contributed by atoms with Crippen molar-refractivity contribution in [3.63, 3.8) is 0 Å². The molecule has 0 bridgehead atoms. The van der Waals surface area contributed by atoms with Crippen molar-refractivity contribution in [2.24, 2.45) is 0 Å². The van der Waals surface area contributed by atoms with Gasteiger partial charge in [-0.1, -0.05) is 0 Å². The lowest BCUT2D eigenvalue weighted by molar-refractivity contribution is 0.00504. The van der Waals surface area contributed by atoms with Crippen LogP contribution in [0.15, 0.2) is 31.0 Å². The highest BCUT2D eigenvalue weighted by atomic mass is 19.3. The van der Waals surface area contributed by atoms with Crippen molar-refractivity contribution in [2.75, 3.05) is 13.1 Å². The van der Waals surface area contributed by atoms with E-state index in [1.807, 2.05) is 11.0 Å². The summed E-state index contributed by atoms with van der Waals surface area (Å²) in [5.41, 5.74) is 0.874. The Morgan fingerprint density at radius 2 is 2.10 bits per heavy atom. The number of imidazole rings is 1. The second-order valence-corrected chi connectivity index (χ2v) is 8.19. The summed E-state index contributed by atoms with van der Waals surface area (Å²) in [6, 6.07) is 2.02. The highest BCUT2D eigenvalue weighted by Crippen LogP contribution is 2.33. The van der Waals surface area contributed by atoms with Gasteiger partial charge in [-0.05, 0) is 31.7 Å². The molecule has 8 nitrogen and oxygen atoms in total. The first kappa shape index (κ1) is 19.1. The molecule has 158 valence electrons. The molecule has 4 heterocycles. The van der Waals surface area contributed by atoms with Gasteiger partial charge in [0.15, 0.2) is 5.69 Å². The van der Waals surface area contributed by atoms with Gasteiger partial charge in [0.05, 0.1) is 18.3 Å². The summed E-state index contributed by atoms with van der Waals surface area (Å²) in [5, 5.41) is 10.8. The van der Waals surface area contributed by atoms with Crippen molar-refractivity contribution < 1.29 is 13.6 Å². The summed E-state index contributed by atoms with van der Waals surface area (Å²) in [5.74, 6) is -2.24. The number of aromatic nitrogens is 5. The second-order valence-electron chi connectivity index (χ2n) is 8.19. The van der Waals surface area contributed by atoms with Crippen LogP contribution in [0.1, 0.15) is 42.6 Å². The third kappa shape index (κ3) is 3.67. The Labute approximate surface area is 171 Å². The molecule has 2 N–H and O–H groups in total. The monoisotopic (exact) mass is 415 g/mol. The largest absolute Gasteiger partial charge is 0.348 e. The number of alkyl halides is 2. The molecule has 2 aliphatic rings. The van der Waals surface area contributed by atoms with Gasteiger partial charge in [-0.3, -0.25) is 19.4 Å². The lowest BCUT2D eigenvalue weighted by Gasteiger charge is -2.34. The maximum Gasteiger partial charge on any atom is 0.272 e. The van der Waals surface area contributed by atoms with Crippen LogP contribution in [0.25, 0.3) is 16.7 Å². The second kappa shape index (κ2) is 7.42. The number of carbonyl (C=O) groups is 1. The average molecular weight is 415 g/mol. The molecule has 30 heavy (non-hydrogen) atoms. The van der Waals surface area contributed by atoms with E-state index in [2.05, 4.69) is 25.5 Å². The molecule has 5 rings (SSSR count). The number of carbonyl (C=O) groups excluding carboxylic acids is 1. The van der Waals surface area contributed by atoms with E-state index in [1.165, 1.54) is 0 Å². The molecule has 2 fully saturated rings. The Kier molecular flexibility index (Phi) is 4.73. The number of pyridine rings is 1. The first-order chi connectivity index (χ1) is 14.5. The third-order valence-electron chi connectivity index (χ3n) is 6.15. The lowest BCUT2D eigenvalue weighted by atomic mass is 9.90.